The lowest BCUT2D eigenvalue weighted by Crippen LogP contribution is -2.06. The molecule has 1 aromatic carbocycles. The molecule has 6 heteroatoms. The average molecular weight is 267 g/mol. The summed E-state index contributed by atoms with van der Waals surface area (Å²) >= 11 is 0. The summed E-state index contributed by atoms with van der Waals surface area (Å²) in [5.74, 6) is -2.29. The van der Waals surface area contributed by atoms with Crippen LogP contribution in [0.15, 0.2) is 30.3 Å². The van der Waals surface area contributed by atoms with Crippen LogP contribution in [0.5, 0.6) is 0 Å². The van der Waals surface area contributed by atoms with Crippen LogP contribution in [-0.2, 0) is 0 Å². The molecule has 0 fully saturated rings. The molecule has 0 aliphatic heterocycles. The summed E-state index contributed by atoms with van der Waals surface area (Å²) in [5.41, 5.74) is 0.334. The van der Waals surface area contributed by atoms with E-state index >= 15 is 0 Å². The van der Waals surface area contributed by atoms with Crippen LogP contribution >= 0.6 is 0 Å². The van der Waals surface area contributed by atoms with Gasteiger partial charge in [-0.15, -0.1) is 0 Å². The molecule has 0 unspecified atom stereocenters. The number of rotatable bonds is 4. The van der Waals surface area contributed by atoms with Crippen molar-refractivity contribution in [2.75, 3.05) is 17.2 Å². The van der Waals surface area contributed by atoms with Crippen LogP contribution < -0.4 is 10.6 Å². The Morgan fingerprint density at radius 2 is 1.79 bits per heavy atom. The Morgan fingerprint density at radius 1 is 1.05 bits per heavy atom. The van der Waals surface area contributed by atoms with Crippen molar-refractivity contribution in [3.05, 3.63) is 47.8 Å². The average Bonchev–Trinajstić information content (AvgIpc) is 2.35. The van der Waals surface area contributed by atoms with Crippen molar-refractivity contribution in [1.29, 1.82) is 0 Å². The highest BCUT2D eigenvalue weighted by atomic mass is 19.1. The van der Waals surface area contributed by atoms with Crippen molar-refractivity contribution < 1.29 is 13.2 Å². The van der Waals surface area contributed by atoms with E-state index in [0.29, 0.717) is 12.2 Å². The normalized spacial score (nSPS) is 10.3. The van der Waals surface area contributed by atoms with Crippen molar-refractivity contribution in [3.63, 3.8) is 0 Å². The minimum atomic E-state index is -0.844. The smallest absolute Gasteiger partial charge is 0.169 e. The molecule has 0 saturated carbocycles. The van der Waals surface area contributed by atoms with Crippen LogP contribution in [0.1, 0.15) is 6.92 Å². The van der Waals surface area contributed by atoms with Gasteiger partial charge in [0, 0.05) is 18.3 Å². The van der Waals surface area contributed by atoms with Crippen LogP contribution in [0.4, 0.5) is 30.5 Å². The second-order valence-electron chi connectivity index (χ2n) is 3.81. The maximum absolute atomic E-state index is 13.6. The van der Waals surface area contributed by atoms with E-state index in [1.165, 1.54) is 18.2 Å². The zero-order valence-electron chi connectivity index (χ0n) is 10.2. The minimum absolute atomic E-state index is 0.0530. The van der Waals surface area contributed by atoms with Crippen molar-refractivity contribution in [2.24, 2.45) is 0 Å². The lowest BCUT2D eigenvalue weighted by molar-refractivity contribution is 0.579. The first-order valence-corrected chi connectivity index (χ1v) is 5.72. The van der Waals surface area contributed by atoms with Gasteiger partial charge in [0.15, 0.2) is 23.3 Å². The molecule has 0 bridgehead atoms. The fraction of sp³-hybridized carbons (Fsp3) is 0.154. The van der Waals surface area contributed by atoms with Crippen molar-refractivity contribution in [1.82, 2.24) is 4.98 Å². The van der Waals surface area contributed by atoms with Crippen LogP contribution in [0.3, 0.4) is 0 Å². The van der Waals surface area contributed by atoms with E-state index in [-0.39, 0.29) is 11.6 Å². The second-order valence-corrected chi connectivity index (χ2v) is 3.81. The molecular weight excluding hydrogens is 255 g/mol. The molecule has 1 heterocycles. The van der Waals surface area contributed by atoms with Gasteiger partial charge >= 0.3 is 0 Å². The quantitative estimate of drug-likeness (QED) is 0.887. The summed E-state index contributed by atoms with van der Waals surface area (Å²) in [4.78, 5) is 3.79. The zero-order chi connectivity index (χ0) is 13.8. The van der Waals surface area contributed by atoms with E-state index in [9.17, 15) is 13.2 Å². The first-order chi connectivity index (χ1) is 9.10. The third-order valence-electron chi connectivity index (χ3n) is 2.36. The number of pyridine rings is 1. The van der Waals surface area contributed by atoms with Crippen molar-refractivity contribution in [3.8, 4) is 0 Å². The van der Waals surface area contributed by atoms with Gasteiger partial charge in [0.2, 0.25) is 0 Å². The molecule has 0 atom stereocenters. The molecular formula is C13H12F3N3. The summed E-state index contributed by atoms with van der Waals surface area (Å²) < 4.78 is 39.9. The summed E-state index contributed by atoms with van der Waals surface area (Å²) in [5, 5.41) is 5.28. The molecule has 0 amide bonds. The lowest BCUT2D eigenvalue weighted by Gasteiger charge is -2.10. The lowest BCUT2D eigenvalue weighted by atomic mass is 10.3. The van der Waals surface area contributed by atoms with Crippen molar-refractivity contribution >= 4 is 17.3 Å². The number of aromatic nitrogens is 1. The van der Waals surface area contributed by atoms with E-state index in [0.717, 1.165) is 6.07 Å². The molecule has 0 spiro atoms. The Labute approximate surface area is 108 Å². The number of hydrogen-bond acceptors (Lipinski definition) is 3. The summed E-state index contributed by atoms with van der Waals surface area (Å²) in [7, 11) is 0. The summed E-state index contributed by atoms with van der Waals surface area (Å²) in [6, 6.07) is 6.22. The van der Waals surface area contributed by atoms with E-state index in [4.69, 9.17) is 0 Å². The number of anilines is 3. The molecule has 100 valence electrons. The topological polar surface area (TPSA) is 37.0 Å². The van der Waals surface area contributed by atoms with E-state index in [1.54, 1.807) is 13.0 Å². The molecule has 19 heavy (non-hydrogen) atoms. The largest absolute Gasteiger partial charge is 0.368 e. The monoisotopic (exact) mass is 267 g/mol. The van der Waals surface area contributed by atoms with Gasteiger partial charge in [-0.1, -0.05) is 6.07 Å². The highest BCUT2D eigenvalue weighted by Crippen LogP contribution is 2.22. The third-order valence-corrected chi connectivity index (χ3v) is 2.36. The predicted octanol–water partition coefficient (Wildman–Crippen LogP) is 3.67. The summed E-state index contributed by atoms with van der Waals surface area (Å²) in [6.07, 6.45) is 0. The SMILES string of the molecule is CCNc1nc(Nc2cccc(F)c2)c(F)cc1F. The Balaban J connectivity index is 2.31. The first-order valence-electron chi connectivity index (χ1n) is 5.72. The molecule has 2 N–H and O–H groups in total. The highest BCUT2D eigenvalue weighted by Gasteiger charge is 2.11. The van der Waals surface area contributed by atoms with Gasteiger partial charge in [-0.05, 0) is 25.1 Å². The minimum Gasteiger partial charge on any atom is -0.368 e. The van der Waals surface area contributed by atoms with Gasteiger partial charge in [0.25, 0.3) is 0 Å². The van der Waals surface area contributed by atoms with E-state index in [1.807, 2.05) is 0 Å². The van der Waals surface area contributed by atoms with Gasteiger partial charge < -0.3 is 10.6 Å². The second kappa shape index (κ2) is 5.60. The predicted molar refractivity (Wildman–Crippen MR) is 68.0 cm³/mol. The zero-order valence-corrected chi connectivity index (χ0v) is 10.2. The number of nitrogens with zero attached hydrogens (tertiary/aromatic N) is 1. The Hall–Kier alpha value is -2.24. The number of halogens is 3. The molecule has 0 aliphatic carbocycles. The highest BCUT2D eigenvalue weighted by molar-refractivity contribution is 5.59. The third kappa shape index (κ3) is 3.15. The van der Waals surface area contributed by atoms with Crippen LogP contribution in [0.25, 0.3) is 0 Å². The standard InChI is InChI=1S/C13H12F3N3/c1-2-17-12-10(15)7-11(16)13(19-12)18-9-5-3-4-8(14)6-9/h3-7H,2H2,1H3,(H2,17,18,19). The number of nitrogens with one attached hydrogen (secondary N) is 2. The number of hydrogen-bond donors (Lipinski definition) is 2. The van der Waals surface area contributed by atoms with Crippen LogP contribution in [0, 0.1) is 17.5 Å². The molecule has 0 radical (unpaired) electrons. The van der Waals surface area contributed by atoms with Crippen LogP contribution in [0.2, 0.25) is 0 Å². The maximum atomic E-state index is 13.6. The van der Waals surface area contributed by atoms with Crippen molar-refractivity contribution in [2.45, 2.75) is 6.92 Å². The Bertz CT molecular complexity index is 587. The van der Waals surface area contributed by atoms with Crippen LogP contribution in [-0.4, -0.2) is 11.5 Å². The fourth-order valence-electron chi connectivity index (χ4n) is 1.55. The van der Waals surface area contributed by atoms with Gasteiger partial charge in [-0.3, -0.25) is 0 Å². The Morgan fingerprint density at radius 3 is 2.47 bits per heavy atom. The molecule has 0 aliphatic rings. The van der Waals surface area contributed by atoms with Gasteiger partial charge in [0.05, 0.1) is 0 Å². The molecule has 3 nitrogen and oxygen atoms in total. The Kier molecular flexibility index (Phi) is 3.89. The maximum Gasteiger partial charge on any atom is 0.169 e. The van der Waals surface area contributed by atoms with E-state index in [2.05, 4.69) is 15.6 Å². The van der Waals surface area contributed by atoms with E-state index < -0.39 is 17.5 Å². The van der Waals surface area contributed by atoms with Gasteiger partial charge in [-0.25, -0.2) is 18.2 Å². The van der Waals surface area contributed by atoms with Gasteiger partial charge in [0.1, 0.15) is 5.82 Å². The molecule has 1 aromatic heterocycles. The van der Waals surface area contributed by atoms with Gasteiger partial charge in [-0.2, -0.15) is 0 Å². The number of benzene rings is 1. The first kappa shape index (κ1) is 13.2. The molecule has 0 saturated heterocycles. The molecule has 2 aromatic rings. The molecule has 2 rings (SSSR count). The summed E-state index contributed by atoms with van der Waals surface area (Å²) in [6.45, 7) is 2.22. The fourth-order valence-corrected chi connectivity index (χ4v) is 1.55.